The molecule has 0 bridgehead atoms. The maximum Gasteiger partial charge on any atom is 0.265 e. The Bertz CT molecular complexity index is 517. The lowest BCUT2D eigenvalue weighted by Gasteiger charge is -2.21. The highest BCUT2D eigenvalue weighted by Crippen LogP contribution is 2.18. The van der Waals surface area contributed by atoms with Crippen molar-refractivity contribution in [2.75, 3.05) is 13.1 Å². The Hall–Kier alpha value is -2.24. The van der Waals surface area contributed by atoms with Crippen molar-refractivity contribution in [2.24, 2.45) is 0 Å². The van der Waals surface area contributed by atoms with Gasteiger partial charge in [0.15, 0.2) is 6.10 Å². The van der Waals surface area contributed by atoms with E-state index in [1.54, 1.807) is 31.2 Å². The van der Waals surface area contributed by atoms with Crippen LogP contribution in [0.15, 0.2) is 24.3 Å². The van der Waals surface area contributed by atoms with Crippen LogP contribution in [0, 0.1) is 22.7 Å². The van der Waals surface area contributed by atoms with Crippen LogP contribution < -0.4 is 4.74 Å². The Kier molecular flexibility index (Phi) is 5.66. The van der Waals surface area contributed by atoms with Gasteiger partial charge in [-0.3, -0.25) is 4.79 Å². The number of carbonyl (C=O) groups excluding carboxylic acids is 1. The predicted molar refractivity (Wildman–Crippen MR) is 69.3 cm³/mol. The molecule has 19 heavy (non-hydrogen) atoms. The molecule has 0 aliphatic rings. The third kappa shape index (κ3) is 4.50. The van der Waals surface area contributed by atoms with Crippen molar-refractivity contribution >= 4 is 17.5 Å². The van der Waals surface area contributed by atoms with Crippen molar-refractivity contribution in [3.63, 3.8) is 0 Å². The number of hydrogen-bond acceptors (Lipinski definition) is 4. The Morgan fingerprint density at radius 3 is 2.58 bits per heavy atom. The summed E-state index contributed by atoms with van der Waals surface area (Å²) in [5, 5.41) is 17.7. The molecule has 1 amide bonds. The van der Waals surface area contributed by atoms with Gasteiger partial charge in [-0.2, -0.15) is 10.5 Å². The van der Waals surface area contributed by atoms with Crippen LogP contribution in [0.4, 0.5) is 0 Å². The average Bonchev–Trinajstić information content (AvgIpc) is 2.37. The van der Waals surface area contributed by atoms with Gasteiger partial charge in [0, 0.05) is 5.02 Å². The van der Waals surface area contributed by atoms with Crippen LogP contribution in [0.25, 0.3) is 0 Å². The molecule has 0 aliphatic carbocycles. The number of rotatable bonds is 5. The molecule has 0 radical (unpaired) electrons. The first kappa shape index (κ1) is 14.8. The van der Waals surface area contributed by atoms with E-state index < -0.39 is 12.0 Å². The number of nitrogens with zero attached hydrogens (tertiary/aromatic N) is 3. The molecule has 0 heterocycles. The summed E-state index contributed by atoms with van der Waals surface area (Å²) in [6.07, 6.45) is -0.792. The largest absolute Gasteiger partial charge is 0.481 e. The first-order chi connectivity index (χ1) is 9.08. The van der Waals surface area contributed by atoms with Gasteiger partial charge < -0.3 is 9.64 Å². The van der Waals surface area contributed by atoms with Crippen molar-refractivity contribution in [1.82, 2.24) is 4.90 Å². The highest BCUT2D eigenvalue weighted by molar-refractivity contribution is 6.30. The lowest BCUT2D eigenvalue weighted by Crippen LogP contribution is -2.40. The van der Waals surface area contributed by atoms with E-state index in [9.17, 15) is 4.79 Å². The Labute approximate surface area is 116 Å². The van der Waals surface area contributed by atoms with E-state index in [0.717, 1.165) is 4.90 Å². The Morgan fingerprint density at radius 1 is 1.42 bits per heavy atom. The topological polar surface area (TPSA) is 77.1 Å². The smallest absolute Gasteiger partial charge is 0.265 e. The third-order valence-electron chi connectivity index (χ3n) is 2.29. The lowest BCUT2D eigenvalue weighted by molar-refractivity contribution is -0.136. The SMILES string of the molecule is C[C@@H](Oc1cccc(Cl)c1)C(=O)N(CC#N)CC#N. The molecule has 1 rings (SSSR count). The summed E-state index contributed by atoms with van der Waals surface area (Å²) in [6.45, 7) is 1.27. The fourth-order valence-corrected chi connectivity index (χ4v) is 1.61. The zero-order valence-electron chi connectivity index (χ0n) is 10.3. The second kappa shape index (κ2) is 7.25. The summed E-state index contributed by atoms with van der Waals surface area (Å²) in [4.78, 5) is 13.1. The Morgan fingerprint density at radius 2 is 2.05 bits per heavy atom. The fourth-order valence-electron chi connectivity index (χ4n) is 1.43. The minimum absolute atomic E-state index is 0.143. The minimum Gasteiger partial charge on any atom is -0.481 e. The third-order valence-corrected chi connectivity index (χ3v) is 2.53. The molecule has 1 aromatic carbocycles. The molecule has 0 fully saturated rings. The van der Waals surface area contributed by atoms with E-state index in [-0.39, 0.29) is 13.1 Å². The molecule has 0 aliphatic heterocycles. The van der Waals surface area contributed by atoms with Crippen molar-refractivity contribution < 1.29 is 9.53 Å². The van der Waals surface area contributed by atoms with Crippen LogP contribution in [0.2, 0.25) is 5.02 Å². The predicted octanol–water partition coefficient (Wildman–Crippen LogP) is 1.98. The lowest BCUT2D eigenvalue weighted by atomic mass is 10.3. The molecule has 0 aromatic heterocycles. The molecule has 98 valence electrons. The zero-order valence-corrected chi connectivity index (χ0v) is 11.1. The van der Waals surface area contributed by atoms with Gasteiger partial charge in [-0.05, 0) is 25.1 Å². The number of ether oxygens (including phenoxy) is 1. The van der Waals surface area contributed by atoms with Gasteiger partial charge in [0.1, 0.15) is 18.8 Å². The van der Waals surface area contributed by atoms with Crippen LogP contribution in [0.1, 0.15) is 6.92 Å². The molecule has 1 aromatic rings. The molecule has 6 heteroatoms. The van der Waals surface area contributed by atoms with Crippen LogP contribution in [-0.4, -0.2) is 30.0 Å². The molecule has 0 spiro atoms. The molecule has 0 saturated carbocycles. The summed E-state index contributed by atoms with van der Waals surface area (Å²) in [7, 11) is 0. The summed E-state index contributed by atoms with van der Waals surface area (Å²) >= 11 is 5.81. The second-order valence-electron chi connectivity index (χ2n) is 3.73. The summed E-state index contributed by atoms with van der Waals surface area (Å²) in [6, 6.07) is 10.3. The minimum atomic E-state index is -0.792. The normalized spacial score (nSPS) is 10.9. The van der Waals surface area contributed by atoms with Crippen LogP contribution in [0.5, 0.6) is 5.75 Å². The molecule has 5 nitrogen and oxygen atoms in total. The zero-order chi connectivity index (χ0) is 14.3. The maximum atomic E-state index is 12.0. The average molecular weight is 278 g/mol. The van der Waals surface area contributed by atoms with Gasteiger partial charge in [-0.15, -0.1) is 0 Å². The first-order valence-corrected chi connectivity index (χ1v) is 5.91. The first-order valence-electron chi connectivity index (χ1n) is 5.53. The van der Waals surface area contributed by atoms with Crippen LogP contribution in [-0.2, 0) is 4.79 Å². The molecule has 0 N–H and O–H groups in total. The number of hydrogen-bond donors (Lipinski definition) is 0. The van der Waals surface area contributed by atoms with Gasteiger partial charge in [0.05, 0.1) is 12.1 Å². The summed E-state index contributed by atoms with van der Waals surface area (Å²) in [5.74, 6) is 0.0466. The summed E-state index contributed by atoms with van der Waals surface area (Å²) < 4.78 is 5.44. The maximum absolute atomic E-state index is 12.0. The number of nitriles is 2. The quantitative estimate of drug-likeness (QED) is 0.771. The number of carbonyl (C=O) groups is 1. The van der Waals surface area contributed by atoms with Crippen molar-refractivity contribution in [1.29, 1.82) is 10.5 Å². The second-order valence-corrected chi connectivity index (χ2v) is 4.16. The fraction of sp³-hybridized carbons (Fsp3) is 0.308. The molecule has 0 saturated heterocycles. The molecular weight excluding hydrogens is 266 g/mol. The van der Waals surface area contributed by atoms with Crippen molar-refractivity contribution in [3.8, 4) is 17.9 Å². The van der Waals surface area contributed by atoms with Crippen LogP contribution >= 0.6 is 11.6 Å². The highest BCUT2D eigenvalue weighted by atomic mass is 35.5. The molecular formula is C13H12ClN3O2. The van der Waals surface area contributed by atoms with Crippen LogP contribution in [0.3, 0.4) is 0 Å². The standard InChI is InChI=1S/C13H12ClN3O2/c1-10(13(18)17(7-5-15)8-6-16)19-12-4-2-3-11(14)9-12/h2-4,9-10H,7-8H2,1H3/t10-/m1/s1. The molecule has 1 atom stereocenters. The highest BCUT2D eigenvalue weighted by Gasteiger charge is 2.21. The van der Waals surface area contributed by atoms with E-state index in [0.29, 0.717) is 10.8 Å². The monoisotopic (exact) mass is 277 g/mol. The molecule has 0 unspecified atom stereocenters. The van der Waals surface area contributed by atoms with E-state index >= 15 is 0 Å². The van der Waals surface area contributed by atoms with Gasteiger partial charge in [0.2, 0.25) is 0 Å². The van der Waals surface area contributed by atoms with Crippen molar-refractivity contribution in [2.45, 2.75) is 13.0 Å². The number of halogens is 1. The van der Waals surface area contributed by atoms with E-state index in [1.807, 2.05) is 12.1 Å². The Balaban J connectivity index is 2.71. The number of amides is 1. The summed E-state index contributed by atoms with van der Waals surface area (Å²) in [5.41, 5.74) is 0. The van der Waals surface area contributed by atoms with Gasteiger partial charge in [-0.1, -0.05) is 17.7 Å². The van der Waals surface area contributed by atoms with E-state index in [4.69, 9.17) is 26.9 Å². The van der Waals surface area contributed by atoms with Gasteiger partial charge in [0.25, 0.3) is 5.91 Å². The van der Waals surface area contributed by atoms with Crippen molar-refractivity contribution in [3.05, 3.63) is 29.3 Å². The van der Waals surface area contributed by atoms with Gasteiger partial charge >= 0.3 is 0 Å². The van der Waals surface area contributed by atoms with E-state index in [1.165, 1.54) is 0 Å². The van der Waals surface area contributed by atoms with E-state index in [2.05, 4.69) is 0 Å². The number of benzene rings is 1. The van der Waals surface area contributed by atoms with Gasteiger partial charge in [-0.25, -0.2) is 0 Å².